The van der Waals surface area contributed by atoms with Crippen molar-refractivity contribution in [2.45, 2.75) is 32.8 Å². The van der Waals surface area contributed by atoms with Gasteiger partial charge >= 0.3 is 6.09 Å². The van der Waals surface area contributed by atoms with Crippen molar-refractivity contribution in [1.29, 1.82) is 0 Å². The first-order valence-electron chi connectivity index (χ1n) is 9.78. The zero-order valence-corrected chi connectivity index (χ0v) is 17.3. The van der Waals surface area contributed by atoms with E-state index in [0.717, 1.165) is 5.69 Å². The number of ether oxygens (including phenoxy) is 1. The summed E-state index contributed by atoms with van der Waals surface area (Å²) in [7, 11) is 0. The highest BCUT2D eigenvalue weighted by Gasteiger charge is 2.19. The first kappa shape index (κ1) is 21.2. The molecule has 0 fully saturated rings. The number of hydrogen-bond donors (Lipinski definition) is 2. The number of carbonyl (C=O) groups excluding carboxylic acids is 2. The number of nitrogens with one attached hydrogen (secondary N) is 2. The maximum Gasteiger partial charge on any atom is 0.407 e. The molecule has 158 valence electrons. The standard InChI is InChI=1S/C22H26N4O4/c1-22(2,3)30-21(28)24-13-8-12-23-20(27)18-15-17(19-11-7-14-29-19)25-26(18)16-9-5-4-6-10-16/h4-7,9-11,14-15H,8,12-13H2,1-3H3,(H,23,27)(H,24,28). The molecule has 8 nitrogen and oxygen atoms in total. The lowest BCUT2D eigenvalue weighted by Crippen LogP contribution is -2.34. The van der Waals surface area contributed by atoms with Crippen molar-refractivity contribution in [3.05, 3.63) is 60.5 Å². The van der Waals surface area contributed by atoms with Crippen LogP contribution in [0.2, 0.25) is 0 Å². The number of aromatic nitrogens is 2. The number of nitrogens with zero attached hydrogens (tertiary/aromatic N) is 2. The van der Waals surface area contributed by atoms with E-state index in [4.69, 9.17) is 9.15 Å². The summed E-state index contributed by atoms with van der Waals surface area (Å²) in [5, 5.41) is 10.1. The predicted octanol–water partition coefficient (Wildman–Crippen LogP) is 3.78. The molecule has 0 radical (unpaired) electrons. The Bertz CT molecular complexity index is 972. The number of amides is 2. The molecule has 2 N–H and O–H groups in total. The third-order valence-corrected chi connectivity index (χ3v) is 4.02. The van der Waals surface area contributed by atoms with Crippen molar-refractivity contribution in [3.63, 3.8) is 0 Å². The Balaban J connectivity index is 1.62. The lowest BCUT2D eigenvalue weighted by atomic mass is 10.2. The molecule has 0 spiro atoms. The summed E-state index contributed by atoms with van der Waals surface area (Å²) in [6.07, 6.45) is 1.66. The molecule has 0 aliphatic carbocycles. The quantitative estimate of drug-likeness (QED) is 0.578. The molecule has 2 heterocycles. The SMILES string of the molecule is CC(C)(C)OC(=O)NCCCNC(=O)c1cc(-c2ccco2)nn1-c1ccccc1. The summed E-state index contributed by atoms with van der Waals surface area (Å²) >= 11 is 0. The normalized spacial score (nSPS) is 11.2. The first-order chi connectivity index (χ1) is 14.3. The van der Waals surface area contributed by atoms with Gasteiger partial charge in [-0.3, -0.25) is 4.79 Å². The Hall–Kier alpha value is -3.55. The molecule has 0 atom stereocenters. The predicted molar refractivity (Wildman–Crippen MR) is 112 cm³/mol. The van der Waals surface area contributed by atoms with Crippen LogP contribution in [0.1, 0.15) is 37.7 Å². The van der Waals surface area contributed by atoms with E-state index in [1.54, 1.807) is 49.9 Å². The van der Waals surface area contributed by atoms with Crippen LogP contribution in [0.5, 0.6) is 0 Å². The fourth-order valence-corrected chi connectivity index (χ4v) is 2.74. The van der Waals surface area contributed by atoms with Crippen molar-refractivity contribution >= 4 is 12.0 Å². The molecular weight excluding hydrogens is 384 g/mol. The van der Waals surface area contributed by atoms with E-state index in [1.165, 1.54) is 0 Å². The number of hydrogen-bond acceptors (Lipinski definition) is 5. The summed E-state index contributed by atoms with van der Waals surface area (Å²) < 4.78 is 12.2. The zero-order valence-electron chi connectivity index (χ0n) is 17.3. The van der Waals surface area contributed by atoms with Crippen LogP contribution in [0.15, 0.2) is 59.2 Å². The lowest BCUT2D eigenvalue weighted by molar-refractivity contribution is 0.0527. The monoisotopic (exact) mass is 410 g/mol. The highest BCUT2D eigenvalue weighted by Crippen LogP contribution is 2.22. The van der Waals surface area contributed by atoms with Gasteiger partial charge in [0.25, 0.3) is 5.91 Å². The minimum atomic E-state index is -0.542. The Labute approximate surface area is 175 Å². The first-order valence-corrected chi connectivity index (χ1v) is 9.78. The molecule has 0 saturated heterocycles. The summed E-state index contributed by atoms with van der Waals surface area (Å²) in [5.41, 5.74) is 1.19. The average Bonchev–Trinajstić information content (AvgIpc) is 3.36. The van der Waals surface area contributed by atoms with E-state index in [-0.39, 0.29) is 5.91 Å². The van der Waals surface area contributed by atoms with Crippen LogP contribution in [-0.2, 0) is 4.74 Å². The van der Waals surface area contributed by atoms with Gasteiger partial charge in [-0.15, -0.1) is 0 Å². The third kappa shape index (κ3) is 5.73. The van der Waals surface area contributed by atoms with Gasteiger partial charge in [0.2, 0.25) is 0 Å². The minimum Gasteiger partial charge on any atom is -0.463 e. The molecule has 3 aromatic rings. The second kappa shape index (κ2) is 9.30. The van der Waals surface area contributed by atoms with Gasteiger partial charge < -0.3 is 19.8 Å². The summed E-state index contributed by atoms with van der Waals surface area (Å²) in [6, 6.07) is 14.7. The maximum absolute atomic E-state index is 12.8. The van der Waals surface area contributed by atoms with Gasteiger partial charge in [-0.25, -0.2) is 9.48 Å². The fourth-order valence-electron chi connectivity index (χ4n) is 2.74. The minimum absolute atomic E-state index is 0.263. The molecule has 30 heavy (non-hydrogen) atoms. The molecule has 0 aliphatic rings. The van der Waals surface area contributed by atoms with Crippen molar-refractivity contribution in [1.82, 2.24) is 20.4 Å². The Kier molecular flexibility index (Phi) is 6.56. The van der Waals surface area contributed by atoms with E-state index in [2.05, 4.69) is 15.7 Å². The van der Waals surface area contributed by atoms with E-state index < -0.39 is 11.7 Å². The van der Waals surface area contributed by atoms with Crippen LogP contribution in [0.4, 0.5) is 4.79 Å². The highest BCUT2D eigenvalue weighted by molar-refractivity contribution is 5.94. The van der Waals surface area contributed by atoms with E-state index in [1.807, 2.05) is 30.3 Å². The fraction of sp³-hybridized carbons (Fsp3) is 0.318. The molecule has 0 unspecified atom stereocenters. The second-order valence-electron chi connectivity index (χ2n) is 7.68. The lowest BCUT2D eigenvalue weighted by Gasteiger charge is -2.19. The van der Waals surface area contributed by atoms with Gasteiger partial charge in [-0.1, -0.05) is 18.2 Å². The molecule has 2 amide bonds. The number of benzene rings is 1. The van der Waals surface area contributed by atoms with Gasteiger partial charge in [-0.2, -0.15) is 5.10 Å². The van der Waals surface area contributed by atoms with Crippen LogP contribution in [0.25, 0.3) is 17.1 Å². The molecular formula is C22H26N4O4. The van der Waals surface area contributed by atoms with E-state index in [0.29, 0.717) is 36.7 Å². The molecule has 1 aromatic carbocycles. The molecule has 2 aromatic heterocycles. The second-order valence-corrected chi connectivity index (χ2v) is 7.68. The van der Waals surface area contributed by atoms with E-state index in [9.17, 15) is 9.59 Å². The van der Waals surface area contributed by atoms with Crippen molar-refractivity contribution in [2.24, 2.45) is 0 Å². The molecule has 0 aliphatic heterocycles. The summed E-state index contributed by atoms with van der Waals surface area (Å²) in [6.45, 7) is 6.20. The van der Waals surface area contributed by atoms with Crippen LogP contribution in [0.3, 0.4) is 0 Å². The average molecular weight is 410 g/mol. The van der Waals surface area contributed by atoms with Gasteiger partial charge in [0.05, 0.1) is 12.0 Å². The van der Waals surface area contributed by atoms with Gasteiger partial charge in [-0.05, 0) is 51.5 Å². The third-order valence-electron chi connectivity index (χ3n) is 4.02. The number of para-hydroxylation sites is 1. The Morgan fingerprint density at radius 1 is 1.07 bits per heavy atom. The maximum atomic E-state index is 12.8. The Morgan fingerprint density at radius 2 is 1.80 bits per heavy atom. The highest BCUT2D eigenvalue weighted by atomic mass is 16.6. The topological polar surface area (TPSA) is 98.4 Å². The van der Waals surface area contributed by atoms with Crippen LogP contribution in [0, 0.1) is 0 Å². The van der Waals surface area contributed by atoms with Crippen LogP contribution < -0.4 is 10.6 Å². The molecule has 3 rings (SSSR count). The van der Waals surface area contributed by atoms with Gasteiger partial charge in [0.15, 0.2) is 5.76 Å². The summed E-state index contributed by atoms with van der Waals surface area (Å²) in [5.74, 6) is 0.321. The zero-order chi connectivity index (χ0) is 21.6. The van der Waals surface area contributed by atoms with Crippen LogP contribution in [-0.4, -0.2) is 40.5 Å². The van der Waals surface area contributed by atoms with Gasteiger partial charge in [0.1, 0.15) is 17.0 Å². The van der Waals surface area contributed by atoms with Gasteiger partial charge in [0, 0.05) is 19.2 Å². The molecule has 0 bridgehead atoms. The van der Waals surface area contributed by atoms with Crippen molar-refractivity contribution in [3.8, 4) is 17.1 Å². The van der Waals surface area contributed by atoms with Crippen LogP contribution >= 0.6 is 0 Å². The number of alkyl carbamates (subject to hydrolysis) is 1. The number of rotatable bonds is 7. The largest absolute Gasteiger partial charge is 0.463 e. The Morgan fingerprint density at radius 3 is 2.47 bits per heavy atom. The van der Waals surface area contributed by atoms with Crippen molar-refractivity contribution < 1.29 is 18.7 Å². The smallest absolute Gasteiger partial charge is 0.407 e. The molecule has 8 heteroatoms. The summed E-state index contributed by atoms with van der Waals surface area (Å²) in [4.78, 5) is 24.4. The van der Waals surface area contributed by atoms with E-state index >= 15 is 0 Å². The van der Waals surface area contributed by atoms with Crippen molar-refractivity contribution in [2.75, 3.05) is 13.1 Å². The molecule has 0 saturated carbocycles. The number of carbonyl (C=O) groups is 2. The number of furan rings is 1.